The molecule has 0 aliphatic carbocycles. The topological polar surface area (TPSA) is 135 Å². The number of amides is 2. The Hall–Kier alpha value is -3.63. The van der Waals surface area contributed by atoms with Crippen LogP contribution in [0, 0.1) is 0 Å². The Bertz CT molecular complexity index is 1700. The van der Waals surface area contributed by atoms with Gasteiger partial charge in [-0.15, -0.1) is 0 Å². The van der Waals surface area contributed by atoms with E-state index in [0.29, 0.717) is 18.4 Å². The molecule has 68 heavy (non-hydrogen) atoms. The standard InChI is InChI=1S/C56H88NO10P/c1-3-5-7-9-11-13-15-17-19-21-23-25-27-29-34-42-53(58)63-47-50(67-54(59)43-35-30-28-26-24-22-20-18-16-14-12-10-8-6-4-2)48-66-68(62,65-46-49-38-32-31-33-39-49)64-45-44-57-55(60)51-40-36-37-41-52(51)56(57)61/h17,19,31-33,36-41,50H,3-16,18,20-30,34-35,42-48H2,1-2H3/b19-17-/t50-,68?/m0/s1. The lowest BCUT2D eigenvalue weighted by Gasteiger charge is -2.23. The van der Waals surface area contributed by atoms with Crippen LogP contribution in [-0.2, 0) is 43.8 Å². The predicted octanol–water partition coefficient (Wildman–Crippen LogP) is 15.4. The SMILES string of the molecule is CCCCCCCC/C=C\CCCCCCCC(=O)OC[C@@H](COP(=O)(OCCN1C(=O)c2ccccc2C1=O)OCc1ccccc1)OC(=O)CCCCCCCCCCCCCCCCC. The molecule has 0 saturated carbocycles. The number of hydrogen-bond donors (Lipinski definition) is 0. The van der Waals surface area contributed by atoms with Gasteiger partial charge in [0, 0.05) is 12.8 Å². The first kappa shape index (κ1) is 58.7. The number of imide groups is 1. The van der Waals surface area contributed by atoms with Gasteiger partial charge in [0.15, 0.2) is 6.10 Å². The number of phosphoric acid groups is 1. The Balaban J connectivity index is 1.46. The van der Waals surface area contributed by atoms with Gasteiger partial charge >= 0.3 is 19.8 Å². The van der Waals surface area contributed by atoms with Crippen LogP contribution in [-0.4, -0.2) is 61.1 Å². The minimum atomic E-state index is -4.38. The fourth-order valence-electron chi connectivity index (χ4n) is 8.30. The number of rotatable bonds is 44. The van der Waals surface area contributed by atoms with E-state index in [9.17, 15) is 23.7 Å². The summed E-state index contributed by atoms with van der Waals surface area (Å²) >= 11 is 0. The average molecular weight is 966 g/mol. The summed E-state index contributed by atoms with van der Waals surface area (Å²) in [6, 6.07) is 15.6. The third kappa shape index (κ3) is 26.9. The molecule has 2 aromatic carbocycles. The summed E-state index contributed by atoms with van der Waals surface area (Å²) in [5.41, 5.74) is 1.28. The molecule has 382 valence electrons. The number of phosphoric ester groups is 1. The van der Waals surface area contributed by atoms with E-state index in [-0.39, 0.29) is 50.3 Å². The minimum Gasteiger partial charge on any atom is -0.462 e. The maximum absolute atomic E-state index is 14.2. The van der Waals surface area contributed by atoms with Gasteiger partial charge in [-0.25, -0.2) is 4.57 Å². The van der Waals surface area contributed by atoms with Gasteiger partial charge in [-0.3, -0.25) is 37.6 Å². The second-order valence-electron chi connectivity index (χ2n) is 18.5. The average Bonchev–Trinajstić information content (AvgIpc) is 3.59. The van der Waals surface area contributed by atoms with Gasteiger partial charge in [-0.05, 0) is 56.2 Å². The van der Waals surface area contributed by atoms with E-state index >= 15 is 0 Å². The lowest BCUT2D eigenvalue weighted by atomic mass is 10.0. The Labute approximate surface area is 410 Å². The molecule has 12 heteroatoms. The van der Waals surface area contributed by atoms with Crippen LogP contribution in [0.3, 0.4) is 0 Å². The first-order valence-corrected chi connectivity index (χ1v) is 28.2. The van der Waals surface area contributed by atoms with Crippen molar-refractivity contribution >= 4 is 31.6 Å². The highest BCUT2D eigenvalue weighted by atomic mass is 31.2. The molecule has 2 amide bonds. The third-order valence-electron chi connectivity index (χ3n) is 12.4. The molecule has 0 saturated heterocycles. The Morgan fingerprint density at radius 2 is 0.971 bits per heavy atom. The highest BCUT2D eigenvalue weighted by Gasteiger charge is 2.36. The normalized spacial score (nSPS) is 13.8. The molecule has 0 radical (unpaired) electrons. The van der Waals surface area contributed by atoms with Crippen LogP contribution < -0.4 is 0 Å². The molecule has 1 heterocycles. The minimum absolute atomic E-state index is 0.125. The van der Waals surface area contributed by atoms with E-state index in [2.05, 4.69) is 26.0 Å². The fourth-order valence-corrected chi connectivity index (χ4v) is 9.48. The summed E-state index contributed by atoms with van der Waals surface area (Å²) in [5, 5.41) is 0. The van der Waals surface area contributed by atoms with Crippen LogP contribution in [0.5, 0.6) is 0 Å². The second kappa shape index (κ2) is 38.2. The van der Waals surface area contributed by atoms with Gasteiger partial charge in [0.05, 0.1) is 37.5 Å². The van der Waals surface area contributed by atoms with Crippen LogP contribution in [0.2, 0.25) is 0 Å². The molecule has 0 N–H and O–H groups in total. The summed E-state index contributed by atoms with van der Waals surface area (Å²) in [6.07, 6.45) is 37.2. The van der Waals surface area contributed by atoms with Gasteiger partial charge < -0.3 is 9.47 Å². The van der Waals surface area contributed by atoms with Crippen LogP contribution in [0.15, 0.2) is 66.7 Å². The molecule has 2 aromatic rings. The maximum Gasteiger partial charge on any atom is 0.475 e. The predicted molar refractivity (Wildman–Crippen MR) is 272 cm³/mol. The van der Waals surface area contributed by atoms with E-state index in [1.54, 1.807) is 36.4 Å². The largest absolute Gasteiger partial charge is 0.475 e. The van der Waals surface area contributed by atoms with Crippen LogP contribution in [0.1, 0.15) is 233 Å². The zero-order valence-corrected chi connectivity index (χ0v) is 43.0. The highest BCUT2D eigenvalue weighted by Crippen LogP contribution is 2.50. The quantitative estimate of drug-likeness (QED) is 0.0208. The van der Waals surface area contributed by atoms with Crippen molar-refractivity contribution in [1.29, 1.82) is 0 Å². The van der Waals surface area contributed by atoms with Gasteiger partial charge in [0.2, 0.25) is 0 Å². The number of benzene rings is 2. The number of unbranched alkanes of at least 4 members (excludes halogenated alkanes) is 25. The highest BCUT2D eigenvalue weighted by molar-refractivity contribution is 7.48. The number of fused-ring (bicyclic) bond motifs is 1. The van der Waals surface area contributed by atoms with Crippen molar-refractivity contribution in [3.05, 3.63) is 83.4 Å². The van der Waals surface area contributed by atoms with Crippen molar-refractivity contribution in [3.63, 3.8) is 0 Å². The Morgan fingerprint density at radius 1 is 0.529 bits per heavy atom. The number of esters is 2. The van der Waals surface area contributed by atoms with Gasteiger partial charge in [0.1, 0.15) is 6.61 Å². The lowest BCUT2D eigenvalue weighted by molar-refractivity contribution is -0.161. The number of carbonyl (C=O) groups excluding carboxylic acids is 4. The number of nitrogens with zero attached hydrogens (tertiary/aromatic N) is 1. The smallest absolute Gasteiger partial charge is 0.462 e. The van der Waals surface area contributed by atoms with Crippen molar-refractivity contribution in [1.82, 2.24) is 4.90 Å². The molecule has 11 nitrogen and oxygen atoms in total. The summed E-state index contributed by atoms with van der Waals surface area (Å²) in [5.74, 6) is -1.82. The van der Waals surface area contributed by atoms with Gasteiger partial charge in [0.25, 0.3) is 11.8 Å². The zero-order chi connectivity index (χ0) is 48.8. The van der Waals surface area contributed by atoms with Gasteiger partial charge in [-0.1, -0.05) is 210 Å². The van der Waals surface area contributed by atoms with Crippen molar-refractivity contribution < 1.29 is 46.8 Å². The number of hydrogen-bond acceptors (Lipinski definition) is 10. The van der Waals surface area contributed by atoms with Crippen LogP contribution in [0.25, 0.3) is 0 Å². The zero-order valence-electron chi connectivity index (χ0n) is 42.2. The third-order valence-corrected chi connectivity index (χ3v) is 13.9. The Morgan fingerprint density at radius 3 is 1.47 bits per heavy atom. The van der Waals surface area contributed by atoms with Crippen LogP contribution in [0.4, 0.5) is 0 Å². The molecule has 0 spiro atoms. The molecule has 1 aliphatic rings. The molecule has 1 unspecified atom stereocenters. The van der Waals surface area contributed by atoms with E-state index in [1.807, 2.05) is 18.2 Å². The molecule has 0 bridgehead atoms. The molecular formula is C56H88NO10P. The van der Waals surface area contributed by atoms with E-state index in [4.69, 9.17) is 23.0 Å². The molecule has 0 aromatic heterocycles. The summed E-state index contributed by atoms with van der Waals surface area (Å²) in [6.45, 7) is 3.11. The molecular weight excluding hydrogens is 878 g/mol. The van der Waals surface area contributed by atoms with Crippen molar-refractivity contribution in [2.45, 2.75) is 219 Å². The van der Waals surface area contributed by atoms with E-state index in [0.717, 1.165) is 62.7 Å². The molecule has 2 atom stereocenters. The fraction of sp³-hybridized carbons (Fsp3) is 0.679. The summed E-state index contributed by atoms with van der Waals surface area (Å²) < 4.78 is 42.8. The van der Waals surface area contributed by atoms with Crippen LogP contribution >= 0.6 is 7.82 Å². The lowest BCUT2D eigenvalue weighted by Crippen LogP contribution is -2.33. The van der Waals surface area contributed by atoms with Crippen molar-refractivity contribution in [3.8, 4) is 0 Å². The van der Waals surface area contributed by atoms with Crippen molar-refractivity contribution in [2.24, 2.45) is 0 Å². The number of carbonyl (C=O) groups is 4. The molecule has 3 rings (SSSR count). The first-order valence-electron chi connectivity index (χ1n) is 26.8. The number of allylic oxidation sites excluding steroid dienone is 2. The second-order valence-corrected chi connectivity index (χ2v) is 20.1. The first-order chi connectivity index (χ1) is 33.3. The van der Waals surface area contributed by atoms with Gasteiger partial charge in [-0.2, -0.15) is 0 Å². The molecule has 0 fully saturated rings. The monoisotopic (exact) mass is 966 g/mol. The summed E-state index contributed by atoms with van der Waals surface area (Å²) in [7, 11) is -4.38. The van der Waals surface area contributed by atoms with E-state index in [1.165, 1.54) is 109 Å². The Kier molecular flexibility index (Phi) is 32.9. The van der Waals surface area contributed by atoms with E-state index < -0.39 is 44.3 Å². The summed E-state index contributed by atoms with van der Waals surface area (Å²) in [4.78, 5) is 53.0. The maximum atomic E-state index is 14.2. The molecule has 1 aliphatic heterocycles. The van der Waals surface area contributed by atoms with Crippen molar-refractivity contribution in [2.75, 3.05) is 26.4 Å². The number of ether oxygens (including phenoxy) is 2.